The molecular formula is C20H18F3N3OS. The first-order chi connectivity index (χ1) is 13.3. The number of carbonyl (C=O) groups excluding carboxylic acids is 1. The maximum absolute atomic E-state index is 12.7. The van der Waals surface area contributed by atoms with Gasteiger partial charge in [-0.3, -0.25) is 4.79 Å². The van der Waals surface area contributed by atoms with E-state index in [1.54, 1.807) is 16.2 Å². The summed E-state index contributed by atoms with van der Waals surface area (Å²) in [6.45, 7) is 4.35. The third-order valence-electron chi connectivity index (χ3n) is 4.83. The summed E-state index contributed by atoms with van der Waals surface area (Å²) in [6.07, 6.45) is -4.40. The highest BCUT2D eigenvalue weighted by Crippen LogP contribution is 2.31. The summed E-state index contributed by atoms with van der Waals surface area (Å²) >= 11 is 1.63. The summed E-state index contributed by atoms with van der Waals surface area (Å²) in [5.74, 6) is -0.242. The average molecular weight is 405 g/mol. The Labute approximate surface area is 164 Å². The van der Waals surface area contributed by atoms with Crippen LogP contribution in [-0.2, 0) is 6.18 Å². The molecule has 1 fully saturated rings. The van der Waals surface area contributed by atoms with Crippen molar-refractivity contribution in [3.8, 4) is 0 Å². The second-order valence-corrected chi connectivity index (χ2v) is 7.83. The Bertz CT molecular complexity index is 1010. The highest BCUT2D eigenvalue weighted by atomic mass is 32.1. The molecule has 28 heavy (non-hydrogen) atoms. The van der Waals surface area contributed by atoms with E-state index in [2.05, 4.69) is 16.0 Å². The molecule has 0 aliphatic carbocycles. The number of anilines is 1. The number of rotatable bonds is 2. The second-order valence-electron chi connectivity index (χ2n) is 6.82. The lowest BCUT2D eigenvalue weighted by atomic mass is 10.1. The van der Waals surface area contributed by atoms with E-state index < -0.39 is 11.7 Å². The fourth-order valence-electron chi connectivity index (χ4n) is 3.24. The van der Waals surface area contributed by atoms with E-state index in [0.717, 1.165) is 27.5 Å². The van der Waals surface area contributed by atoms with Crippen LogP contribution in [0.5, 0.6) is 0 Å². The van der Waals surface area contributed by atoms with Crippen molar-refractivity contribution in [3.05, 3.63) is 59.2 Å². The summed E-state index contributed by atoms with van der Waals surface area (Å²) in [5, 5.41) is 0.933. The van der Waals surface area contributed by atoms with Crippen LogP contribution in [0, 0.1) is 6.92 Å². The number of piperazine rings is 1. The minimum Gasteiger partial charge on any atom is -0.345 e. The van der Waals surface area contributed by atoms with E-state index in [9.17, 15) is 18.0 Å². The van der Waals surface area contributed by atoms with Crippen LogP contribution >= 0.6 is 11.3 Å². The zero-order chi connectivity index (χ0) is 19.9. The molecule has 1 aromatic heterocycles. The first-order valence-corrected chi connectivity index (χ1v) is 9.71. The Hall–Kier alpha value is -2.61. The molecule has 0 bridgehead atoms. The molecule has 2 heterocycles. The van der Waals surface area contributed by atoms with Gasteiger partial charge in [-0.05, 0) is 48.9 Å². The molecule has 0 atom stereocenters. The van der Waals surface area contributed by atoms with Gasteiger partial charge in [0, 0.05) is 31.7 Å². The molecule has 4 nitrogen and oxygen atoms in total. The zero-order valence-corrected chi connectivity index (χ0v) is 16.0. The Morgan fingerprint density at radius 1 is 1.04 bits per heavy atom. The number of aryl methyl sites for hydroxylation is 1. The minimum absolute atomic E-state index is 0.242. The zero-order valence-electron chi connectivity index (χ0n) is 15.2. The molecule has 0 unspecified atom stereocenters. The van der Waals surface area contributed by atoms with E-state index in [-0.39, 0.29) is 11.5 Å². The highest BCUT2D eigenvalue weighted by molar-refractivity contribution is 7.22. The van der Waals surface area contributed by atoms with Crippen molar-refractivity contribution in [1.82, 2.24) is 9.88 Å². The molecule has 1 aliphatic rings. The number of halogens is 3. The molecule has 1 aliphatic heterocycles. The van der Waals surface area contributed by atoms with Gasteiger partial charge in [0.15, 0.2) is 5.13 Å². The summed E-state index contributed by atoms with van der Waals surface area (Å²) in [7, 11) is 0. The smallest absolute Gasteiger partial charge is 0.345 e. The van der Waals surface area contributed by atoms with Crippen molar-refractivity contribution in [2.24, 2.45) is 0 Å². The number of hydrogen-bond acceptors (Lipinski definition) is 4. The van der Waals surface area contributed by atoms with Crippen molar-refractivity contribution in [1.29, 1.82) is 0 Å². The van der Waals surface area contributed by atoms with Crippen molar-refractivity contribution in [2.45, 2.75) is 13.1 Å². The molecule has 1 amide bonds. The van der Waals surface area contributed by atoms with Crippen LogP contribution in [0.1, 0.15) is 21.5 Å². The Morgan fingerprint density at radius 2 is 1.71 bits per heavy atom. The van der Waals surface area contributed by atoms with Gasteiger partial charge in [0.2, 0.25) is 0 Å². The predicted octanol–water partition coefficient (Wildman–Crippen LogP) is 4.59. The fraction of sp³-hybridized carbons (Fsp3) is 0.300. The van der Waals surface area contributed by atoms with Gasteiger partial charge in [-0.2, -0.15) is 13.2 Å². The SMILES string of the molecule is Cc1ccc2nc(N3CCN(C(=O)c4ccc(C(F)(F)F)cc4)CC3)sc2c1. The molecule has 8 heteroatoms. The first kappa shape index (κ1) is 18.7. The molecule has 2 aromatic carbocycles. The molecular weight excluding hydrogens is 387 g/mol. The van der Waals surface area contributed by atoms with Crippen molar-refractivity contribution < 1.29 is 18.0 Å². The Morgan fingerprint density at radius 3 is 2.36 bits per heavy atom. The van der Waals surface area contributed by atoms with Gasteiger partial charge in [-0.15, -0.1) is 0 Å². The van der Waals surface area contributed by atoms with Crippen LogP contribution in [0.2, 0.25) is 0 Å². The molecule has 0 N–H and O–H groups in total. The van der Waals surface area contributed by atoms with E-state index in [4.69, 9.17) is 0 Å². The average Bonchev–Trinajstić information content (AvgIpc) is 3.10. The van der Waals surface area contributed by atoms with E-state index in [0.29, 0.717) is 26.2 Å². The third kappa shape index (κ3) is 3.69. The van der Waals surface area contributed by atoms with Crippen LogP contribution in [-0.4, -0.2) is 42.0 Å². The standard InChI is InChI=1S/C20H18F3N3OS/c1-13-2-7-16-17(12-13)28-19(24-16)26-10-8-25(9-11-26)18(27)14-3-5-15(6-4-14)20(21,22)23/h2-7,12H,8-11H2,1H3. The monoisotopic (exact) mass is 405 g/mol. The molecule has 0 saturated carbocycles. The van der Waals surface area contributed by atoms with E-state index in [1.807, 2.05) is 19.1 Å². The maximum atomic E-state index is 12.7. The van der Waals surface area contributed by atoms with Crippen molar-refractivity contribution >= 4 is 32.6 Å². The Kier molecular flexibility index (Phi) is 4.74. The maximum Gasteiger partial charge on any atom is 0.416 e. The summed E-state index contributed by atoms with van der Waals surface area (Å²) in [5.41, 5.74) is 1.68. The summed E-state index contributed by atoms with van der Waals surface area (Å²) in [4.78, 5) is 21.1. The first-order valence-electron chi connectivity index (χ1n) is 8.90. The Balaban J connectivity index is 1.42. The van der Waals surface area contributed by atoms with Crippen LogP contribution in [0.4, 0.5) is 18.3 Å². The quantitative estimate of drug-likeness (QED) is 0.626. The van der Waals surface area contributed by atoms with Gasteiger partial charge in [0.05, 0.1) is 15.8 Å². The molecule has 0 radical (unpaired) electrons. The molecule has 146 valence electrons. The number of hydrogen-bond donors (Lipinski definition) is 0. The third-order valence-corrected chi connectivity index (χ3v) is 5.91. The number of aromatic nitrogens is 1. The number of amides is 1. The number of nitrogens with zero attached hydrogens (tertiary/aromatic N) is 3. The number of carbonyl (C=O) groups is 1. The lowest BCUT2D eigenvalue weighted by molar-refractivity contribution is -0.137. The van der Waals surface area contributed by atoms with Crippen LogP contribution in [0.3, 0.4) is 0 Å². The second kappa shape index (κ2) is 7.09. The summed E-state index contributed by atoms with van der Waals surface area (Å²) in [6, 6.07) is 10.5. The number of fused-ring (bicyclic) bond motifs is 1. The van der Waals surface area contributed by atoms with Crippen molar-refractivity contribution in [3.63, 3.8) is 0 Å². The molecule has 3 aromatic rings. The minimum atomic E-state index is -4.40. The number of alkyl halides is 3. The molecule has 0 spiro atoms. The van der Waals surface area contributed by atoms with Crippen LogP contribution in [0.15, 0.2) is 42.5 Å². The number of thiazole rings is 1. The van der Waals surface area contributed by atoms with Gasteiger partial charge in [-0.1, -0.05) is 17.4 Å². The lowest BCUT2D eigenvalue weighted by Gasteiger charge is -2.34. The van der Waals surface area contributed by atoms with Gasteiger partial charge < -0.3 is 9.80 Å². The van der Waals surface area contributed by atoms with E-state index in [1.165, 1.54) is 17.7 Å². The van der Waals surface area contributed by atoms with Crippen LogP contribution in [0.25, 0.3) is 10.2 Å². The van der Waals surface area contributed by atoms with Crippen LogP contribution < -0.4 is 4.90 Å². The van der Waals surface area contributed by atoms with Gasteiger partial charge in [0.1, 0.15) is 0 Å². The normalized spacial score (nSPS) is 15.3. The largest absolute Gasteiger partial charge is 0.416 e. The predicted molar refractivity (Wildman–Crippen MR) is 104 cm³/mol. The summed E-state index contributed by atoms with van der Waals surface area (Å²) < 4.78 is 39.2. The van der Waals surface area contributed by atoms with Gasteiger partial charge in [0.25, 0.3) is 5.91 Å². The lowest BCUT2D eigenvalue weighted by Crippen LogP contribution is -2.48. The number of benzene rings is 2. The van der Waals surface area contributed by atoms with Crippen molar-refractivity contribution in [2.75, 3.05) is 31.1 Å². The topological polar surface area (TPSA) is 36.4 Å². The van der Waals surface area contributed by atoms with Gasteiger partial charge >= 0.3 is 6.18 Å². The highest BCUT2D eigenvalue weighted by Gasteiger charge is 2.31. The molecule has 4 rings (SSSR count). The fourth-order valence-corrected chi connectivity index (χ4v) is 4.36. The van der Waals surface area contributed by atoms with E-state index >= 15 is 0 Å². The van der Waals surface area contributed by atoms with Gasteiger partial charge in [-0.25, -0.2) is 4.98 Å². The molecule has 1 saturated heterocycles.